The van der Waals surface area contributed by atoms with Crippen molar-refractivity contribution < 1.29 is 9.30 Å². The lowest BCUT2D eigenvalue weighted by atomic mass is 9.66. The summed E-state index contributed by atoms with van der Waals surface area (Å²) in [5.74, 6) is 2.57. The molecule has 1 aliphatic heterocycles. The minimum Gasteiger partial charge on any atom is -0.455 e. The summed E-state index contributed by atoms with van der Waals surface area (Å²) in [7, 11) is 2.11. The highest BCUT2D eigenvalue weighted by molar-refractivity contribution is 6.05. The molecule has 0 radical (unpaired) electrons. The van der Waals surface area contributed by atoms with Crippen molar-refractivity contribution in [2.45, 2.75) is 72.1 Å². The first-order valence-corrected chi connectivity index (χ1v) is 13.0. The van der Waals surface area contributed by atoms with Crippen LogP contribution in [0.25, 0.3) is 32.9 Å². The summed E-state index contributed by atoms with van der Waals surface area (Å²) in [6, 6.07) is 13.4. The first-order valence-electron chi connectivity index (χ1n) is 13.0. The number of nitrogens with zero attached hydrogens (tertiary/aromatic N) is 2. The molecule has 1 aliphatic carbocycles. The van der Waals surface area contributed by atoms with E-state index in [-0.39, 0.29) is 0 Å². The average molecular weight is 452 g/mol. The number of rotatable bonds is 3. The van der Waals surface area contributed by atoms with E-state index in [4.69, 9.17) is 9.72 Å². The maximum absolute atomic E-state index is 6.79. The van der Waals surface area contributed by atoms with Gasteiger partial charge in [0.15, 0.2) is 11.2 Å². The van der Waals surface area contributed by atoms with E-state index >= 15 is 0 Å². The Morgan fingerprint density at radius 3 is 2.35 bits per heavy atom. The normalized spacial score (nSPS) is 17.1. The smallest absolute Gasteiger partial charge is 0.287 e. The van der Waals surface area contributed by atoms with Crippen LogP contribution >= 0.6 is 0 Å². The third kappa shape index (κ3) is 3.02. The van der Waals surface area contributed by atoms with Gasteiger partial charge in [0.05, 0.1) is 12.6 Å². The fraction of sp³-hybridized carbons (Fsp3) is 0.419. The van der Waals surface area contributed by atoms with Crippen LogP contribution in [0.5, 0.6) is 11.5 Å². The molecular weight excluding hydrogens is 416 g/mol. The average Bonchev–Trinajstić information content (AvgIpc) is 2.88. The van der Waals surface area contributed by atoms with Gasteiger partial charge in [0.25, 0.3) is 6.33 Å². The van der Waals surface area contributed by atoms with Gasteiger partial charge in [-0.25, -0.2) is 4.57 Å². The molecule has 0 spiro atoms. The molecule has 34 heavy (non-hydrogen) atoms. The standard InChI is InChI=1S/C31H35N2O/c1-6-31(7-2)14-12-21(13-15-31)22-16-25-28-26(17-22)34-30-20(4)24-11-9-8-10-23(24)19(3)27(30)29(28)33(5)18-32-25/h8-11,16-18,21H,6-7,12-15H2,1-5H3/q+1. The maximum atomic E-state index is 6.79. The van der Waals surface area contributed by atoms with E-state index < -0.39 is 0 Å². The predicted molar refractivity (Wildman–Crippen MR) is 140 cm³/mol. The highest BCUT2D eigenvalue weighted by atomic mass is 16.5. The van der Waals surface area contributed by atoms with E-state index in [0.29, 0.717) is 11.3 Å². The molecule has 174 valence electrons. The fourth-order valence-electron chi connectivity index (χ4n) is 6.76. The van der Waals surface area contributed by atoms with Crippen LogP contribution in [-0.4, -0.2) is 4.98 Å². The summed E-state index contributed by atoms with van der Waals surface area (Å²) in [6.45, 7) is 9.17. The van der Waals surface area contributed by atoms with Crippen molar-refractivity contribution >= 4 is 21.7 Å². The van der Waals surface area contributed by atoms with Crippen LogP contribution in [0.2, 0.25) is 0 Å². The third-order valence-electron chi connectivity index (χ3n) is 9.21. The van der Waals surface area contributed by atoms with Crippen LogP contribution in [-0.2, 0) is 7.05 Å². The molecule has 0 unspecified atom stereocenters. The number of hydrogen-bond acceptors (Lipinski definition) is 2. The fourth-order valence-corrected chi connectivity index (χ4v) is 6.76. The lowest BCUT2D eigenvalue weighted by Crippen LogP contribution is -2.33. The maximum Gasteiger partial charge on any atom is 0.287 e. The van der Waals surface area contributed by atoms with Crippen molar-refractivity contribution in [3.8, 4) is 22.8 Å². The van der Waals surface area contributed by atoms with E-state index in [1.54, 1.807) is 0 Å². The Bertz CT molecular complexity index is 1440. The van der Waals surface area contributed by atoms with Crippen LogP contribution in [0.3, 0.4) is 0 Å². The summed E-state index contributed by atoms with van der Waals surface area (Å²) >= 11 is 0. The highest BCUT2D eigenvalue weighted by Gasteiger charge is 2.35. The summed E-state index contributed by atoms with van der Waals surface area (Å²) in [6.07, 6.45) is 9.76. The Morgan fingerprint density at radius 1 is 1.00 bits per heavy atom. The topological polar surface area (TPSA) is 26.0 Å². The summed E-state index contributed by atoms with van der Waals surface area (Å²) in [4.78, 5) is 4.87. The van der Waals surface area contributed by atoms with Gasteiger partial charge in [-0.3, -0.25) is 0 Å². The van der Waals surface area contributed by atoms with Gasteiger partial charge in [-0.2, -0.15) is 0 Å². The number of benzene rings is 3. The first-order chi connectivity index (χ1) is 16.5. The third-order valence-corrected chi connectivity index (χ3v) is 9.21. The van der Waals surface area contributed by atoms with E-state index in [0.717, 1.165) is 22.4 Å². The molecule has 0 amide bonds. The second-order valence-corrected chi connectivity index (χ2v) is 10.7. The van der Waals surface area contributed by atoms with Gasteiger partial charge < -0.3 is 4.74 Å². The van der Waals surface area contributed by atoms with Crippen molar-refractivity contribution in [1.82, 2.24) is 4.98 Å². The monoisotopic (exact) mass is 451 g/mol. The van der Waals surface area contributed by atoms with Gasteiger partial charge in [-0.1, -0.05) is 51.0 Å². The minimum atomic E-state index is 0.548. The Hall–Kier alpha value is -2.94. The van der Waals surface area contributed by atoms with Crippen molar-refractivity contribution in [3.05, 3.63) is 59.4 Å². The molecular formula is C31H35N2O+. The van der Waals surface area contributed by atoms with Crippen molar-refractivity contribution in [3.63, 3.8) is 0 Å². The van der Waals surface area contributed by atoms with Gasteiger partial charge in [-0.05, 0) is 89.9 Å². The number of aromatic nitrogens is 2. The Morgan fingerprint density at radius 2 is 1.68 bits per heavy atom. The SMILES string of the molecule is CCC1(CC)CCC(c2cc3c4c([n+](C)cnc4c2)-c2c(c(C)c4ccccc4c2C)O3)CC1. The molecule has 1 aromatic heterocycles. The Labute approximate surface area is 202 Å². The second kappa shape index (κ2) is 7.80. The lowest BCUT2D eigenvalue weighted by Gasteiger charge is -2.39. The quantitative estimate of drug-likeness (QED) is 0.259. The van der Waals surface area contributed by atoms with Gasteiger partial charge >= 0.3 is 0 Å². The molecule has 3 heteroatoms. The second-order valence-electron chi connectivity index (χ2n) is 10.7. The summed E-state index contributed by atoms with van der Waals surface area (Å²) in [5, 5.41) is 3.71. The largest absolute Gasteiger partial charge is 0.455 e. The van der Waals surface area contributed by atoms with E-state index in [1.165, 1.54) is 77.2 Å². The molecule has 0 N–H and O–H groups in total. The van der Waals surface area contributed by atoms with Gasteiger partial charge in [0.2, 0.25) is 0 Å². The molecule has 2 aliphatic rings. The van der Waals surface area contributed by atoms with Crippen LogP contribution in [0.15, 0.2) is 42.7 Å². The molecule has 3 nitrogen and oxygen atoms in total. The molecule has 3 aromatic carbocycles. The van der Waals surface area contributed by atoms with Gasteiger partial charge in [0, 0.05) is 5.56 Å². The molecule has 1 fully saturated rings. The van der Waals surface area contributed by atoms with Crippen molar-refractivity contribution in [2.24, 2.45) is 12.5 Å². The molecule has 1 saturated carbocycles. The predicted octanol–water partition coefficient (Wildman–Crippen LogP) is 8.07. The Kier molecular flexibility index (Phi) is 4.95. The van der Waals surface area contributed by atoms with Crippen LogP contribution in [0.1, 0.15) is 75.0 Å². The van der Waals surface area contributed by atoms with Crippen molar-refractivity contribution in [2.75, 3.05) is 0 Å². The zero-order chi connectivity index (χ0) is 23.6. The van der Waals surface area contributed by atoms with Crippen molar-refractivity contribution in [1.29, 1.82) is 0 Å². The van der Waals surface area contributed by atoms with Crippen LogP contribution < -0.4 is 9.30 Å². The lowest BCUT2D eigenvalue weighted by molar-refractivity contribution is -0.662. The van der Waals surface area contributed by atoms with Crippen LogP contribution in [0, 0.1) is 19.3 Å². The minimum absolute atomic E-state index is 0.548. The van der Waals surface area contributed by atoms with Crippen LogP contribution in [0.4, 0.5) is 0 Å². The highest BCUT2D eigenvalue weighted by Crippen LogP contribution is 2.52. The molecule has 0 bridgehead atoms. The number of aryl methyl sites for hydroxylation is 3. The summed E-state index contributed by atoms with van der Waals surface area (Å²) < 4.78 is 8.96. The zero-order valence-electron chi connectivity index (χ0n) is 21.2. The molecule has 2 heterocycles. The number of fused-ring (bicyclic) bond motifs is 3. The zero-order valence-corrected chi connectivity index (χ0v) is 21.2. The van der Waals surface area contributed by atoms with E-state index in [9.17, 15) is 0 Å². The van der Waals surface area contributed by atoms with E-state index in [1.807, 2.05) is 6.33 Å². The summed E-state index contributed by atoms with van der Waals surface area (Å²) in [5.41, 5.74) is 7.92. The van der Waals surface area contributed by atoms with E-state index in [2.05, 4.69) is 75.7 Å². The number of ether oxygens (including phenoxy) is 1. The molecule has 4 aromatic rings. The Balaban J connectivity index is 1.53. The first kappa shape index (κ1) is 21.6. The molecule has 6 rings (SSSR count). The molecule has 0 atom stereocenters. The van der Waals surface area contributed by atoms with Gasteiger partial charge in [0.1, 0.15) is 16.9 Å². The number of hydrogen-bond donors (Lipinski definition) is 0. The van der Waals surface area contributed by atoms with Gasteiger partial charge in [-0.15, -0.1) is 0 Å². The molecule has 0 saturated heterocycles.